The molecular formula is C14H11NO2. The number of aryl methyl sites for hydroxylation is 2. The van der Waals surface area contributed by atoms with Crippen molar-refractivity contribution in [2.24, 2.45) is 0 Å². The average Bonchev–Trinajstić information content (AvgIpc) is 2.38. The van der Waals surface area contributed by atoms with E-state index in [0.717, 1.165) is 24.0 Å². The SMILES string of the molecule is O=[N+]([O-])c1ccc2c(c1)-c1ccccc1CC2. The van der Waals surface area contributed by atoms with Gasteiger partial charge in [-0.05, 0) is 35.1 Å². The predicted molar refractivity (Wildman–Crippen MR) is 65.9 cm³/mol. The first-order chi connectivity index (χ1) is 8.25. The van der Waals surface area contributed by atoms with Crippen molar-refractivity contribution in [3.63, 3.8) is 0 Å². The minimum atomic E-state index is -0.336. The summed E-state index contributed by atoms with van der Waals surface area (Å²) in [6, 6.07) is 13.3. The van der Waals surface area contributed by atoms with E-state index in [4.69, 9.17) is 0 Å². The Bertz CT molecular complexity index is 605. The summed E-state index contributed by atoms with van der Waals surface area (Å²) in [5, 5.41) is 10.8. The van der Waals surface area contributed by atoms with Gasteiger partial charge in [-0.2, -0.15) is 0 Å². The van der Waals surface area contributed by atoms with Crippen LogP contribution in [0.15, 0.2) is 42.5 Å². The molecule has 0 amide bonds. The maximum absolute atomic E-state index is 10.8. The van der Waals surface area contributed by atoms with Crippen LogP contribution in [-0.2, 0) is 12.8 Å². The summed E-state index contributed by atoms with van der Waals surface area (Å²) in [5.74, 6) is 0. The molecule has 0 bridgehead atoms. The summed E-state index contributed by atoms with van der Waals surface area (Å²) in [6.45, 7) is 0. The molecule has 0 saturated heterocycles. The average molecular weight is 225 g/mol. The molecule has 2 aromatic rings. The number of fused-ring (bicyclic) bond motifs is 3. The van der Waals surface area contributed by atoms with Gasteiger partial charge < -0.3 is 0 Å². The Kier molecular flexibility index (Phi) is 2.18. The van der Waals surface area contributed by atoms with Crippen LogP contribution in [0.4, 0.5) is 5.69 Å². The van der Waals surface area contributed by atoms with Gasteiger partial charge in [0.1, 0.15) is 0 Å². The fourth-order valence-electron chi connectivity index (χ4n) is 2.42. The molecule has 1 aliphatic rings. The van der Waals surface area contributed by atoms with Crippen LogP contribution in [0.1, 0.15) is 11.1 Å². The summed E-state index contributed by atoms with van der Waals surface area (Å²) in [5.41, 5.74) is 4.80. The summed E-state index contributed by atoms with van der Waals surface area (Å²) in [7, 11) is 0. The van der Waals surface area contributed by atoms with Gasteiger partial charge in [0, 0.05) is 12.1 Å². The molecule has 0 radical (unpaired) electrons. The second kappa shape index (κ2) is 3.70. The number of nitro groups is 1. The molecule has 1 aliphatic carbocycles. The van der Waals surface area contributed by atoms with Crippen molar-refractivity contribution >= 4 is 5.69 Å². The molecule has 0 heterocycles. The lowest BCUT2D eigenvalue weighted by molar-refractivity contribution is -0.384. The normalized spacial score (nSPS) is 12.7. The highest BCUT2D eigenvalue weighted by Crippen LogP contribution is 2.35. The van der Waals surface area contributed by atoms with Crippen molar-refractivity contribution in [2.75, 3.05) is 0 Å². The Morgan fingerprint density at radius 2 is 1.65 bits per heavy atom. The molecule has 3 rings (SSSR count). The van der Waals surface area contributed by atoms with Crippen LogP contribution >= 0.6 is 0 Å². The maximum Gasteiger partial charge on any atom is 0.270 e. The first-order valence-corrected chi connectivity index (χ1v) is 5.61. The third-order valence-corrected chi connectivity index (χ3v) is 3.28. The second-order valence-electron chi connectivity index (χ2n) is 4.26. The Balaban J connectivity index is 2.22. The number of benzene rings is 2. The van der Waals surface area contributed by atoms with Crippen molar-refractivity contribution < 1.29 is 4.92 Å². The number of rotatable bonds is 1. The molecule has 84 valence electrons. The number of non-ortho nitro benzene ring substituents is 1. The largest absolute Gasteiger partial charge is 0.270 e. The van der Waals surface area contributed by atoms with Gasteiger partial charge in [0.05, 0.1) is 4.92 Å². The molecule has 0 spiro atoms. The van der Waals surface area contributed by atoms with Crippen molar-refractivity contribution in [1.82, 2.24) is 0 Å². The fourth-order valence-corrected chi connectivity index (χ4v) is 2.42. The van der Waals surface area contributed by atoms with Gasteiger partial charge >= 0.3 is 0 Å². The quantitative estimate of drug-likeness (QED) is 0.551. The molecule has 0 N–H and O–H groups in total. The minimum absolute atomic E-state index is 0.167. The van der Waals surface area contributed by atoms with Gasteiger partial charge in [0.15, 0.2) is 0 Å². The van der Waals surface area contributed by atoms with Crippen molar-refractivity contribution in [3.8, 4) is 11.1 Å². The van der Waals surface area contributed by atoms with Crippen LogP contribution in [-0.4, -0.2) is 4.92 Å². The first-order valence-electron chi connectivity index (χ1n) is 5.61. The van der Waals surface area contributed by atoms with Crippen LogP contribution in [0.5, 0.6) is 0 Å². The van der Waals surface area contributed by atoms with Crippen molar-refractivity contribution in [3.05, 3.63) is 63.7 Å². The summed E-state index contributed by atoms with van der Waals surface area (Å²) in [4.78, 5) is 10.5. The number of nitrogens with zero attached hydrogens (tertiary/aromatic N) is 1. The zero-order chi connectivity index (χ0) is 11.8. The molecular weight excluding hydrogens is 214 g/mol. The van der Waals surface area contributed by atoms with E-state index in [9.17, 15) is 10.1 Å². The van der Waals surface area contributed by atoms with Gasteiger partial charge in [-0.1, -0.05) is 30.3 Å². The van der Waals surface area contributed by atoms with E-state index in [2.05, 4.69) is 6.07 Å². The molecule has 3 heteroatoms. The Morgan fingerprint density at radius 3 is 2.41 bits per heavy atom. The Labute approximate surface area is 98.9 Å². The van der Waals surface area contributed by atoms with Crippen LogP contribution in [0.25, 0.3) is 11.1 Å². The molecule has 17 heavy (non-hydrogen) atoms. The molecule has 0 unspecified atom stereocenters. The van der Waals surface area contributed by atoms with Gasteiger partial charge in [0.2, 0.25) is 0 Å². The van der Waals surface area contributed by atoms with Gasteiger partial charge in [-0.3, -0.25) is 10.1 Å². The monoisotopic (exact) mass is 225 g/mol. The number of hydrogen-bond donors (Lipinski definition) is 0. The molecule has 3 nitrogen and oxygen atoms in total. The smallest absolute Gasteiger partial charge is 0.258 e. The Hall–Kier alpha value is -2.16. The zero-order valence-electron chi connectivity index (χ0n) is 9.22. The van der Waals surface area contributed by atoms with Crippen LogP contribution in [0, 0.1) is 10.1 Å². The van der Waals surface area contributed by atoms with E-state index >= 15 is 0 Å². The third kappa shape index (κ3) is 1.60. The van der Waals surface area contributed by atoms with Crippen molar-refractivity contribution in [1.29, 1.82) is 0 Å². The molecule has 0 fully saturated rings. The van der Waals surface area contributed by atoms with Gasteiger partial charge in [0.25, 0.3) is 5.69 Å². The molecule has 0 atom stereocenters. The summed E-state index contributed by atoms with van der Waals surface area (Å²) in [6.07, 6.45) is 1.98. The van der Waals surface area contributed by atoms with E-state index in [1.807, 2.05) is 24.3 Å². The second-order valence-corrected chi connectivity index (χ2v) is 4.26. The van der Waals surface area contributed by atoms with Gasteiger partial charge in [-0.15, -0.1) is 0 Å². The summed E-state index contributed by atoms with van der Waals surface area (Å²) >= 11 is 0. The van der Waals surface area contributed by atoms with Crippen molar-refractivity contribution in [2.45, 2.75) is 12.8 Å². The maximum atomic E-state index is 10.8. The molecule has 0 saturated carbocycles. The minimum Gasteiger partial charge on any atom is -0.258 e. The predicted octanol–water partition coefficient (Wildman–Crippen LogP) is 3.36. The van der Waals surface area contributed by atoms with Crippen LogP contribution < -0.4 is 0 Å². The zero-order valence-corrected chi connectivity index (χ0v) is 9.22. The number of hydrogen-bond acceptors (Lipinski definition) is 2. The lowest BCUT2D eigenvalue weighted by atomic mass is 9.85. The highest BCUT2D eigenvalue weighted by molar-refractivity contribution is 5.74. The van der Waals surface area contributed by atoms with Gasteiger partial charge in [-0.25, -0.2) is 0 Å². The lowest BCUT2D eigenvalue weighted by Gasteiger charge is -2.19. The lowest BCUT2D eigenvalue weighted by Crippen LogP contribution is -2.04. The first kappa shape index (κ1) is 10.0. The Morgan fingerprint density at radius 1 is 0.941 bits per heavy atom. The standard InChI is InChI=1S/C14H11NO2/c16-15(17)12-8-7-11-6-5-10-3-1-2-4-13(10)14(11)9-12/h1-4,7-9H,5-6H2. The highest BCUT2D eigenvalue weighted by Gasteiger charge is 2.18. The number of nitro benzene ring substituents is 1. The molecule has 0 aliphatic heterocycles. The topological polar surface area (TPSA) is 43.1 Å². The van der Waals surface area contributed by atoms with Crippen LogP contribution in [0.2, 0.25) is 0 Å². The fraction of sp³-hybridized carbons (Fsp3) is 0.143. The van der Waals surface area contributed by atoms with E-state index in [1.165, 1.54) is 11.1 Å². The summed E-state index contributed by atoms with van der Waals surface area (Å²) < 4.78 is 0. The molecule has 2 aromatic carbocycles. The van der Waals surface area contributed by atoms with E-state index < -0.39 is 0 Å². The third-order valence-electron chi connectivity index (χ3n) is 3.28. The van der Waals surface area contributed by atoms with E-state index in [1.54, 1.807) is 12.1 Å². The molecule has 0 aromatic heterocycles. The van der Waals surface area contributed by atoms with E-state index in [-0.39, 0.29) is 10.6 Å². The highest BCUT2D eigenvalue weighted by atomic mass is 16.6. The van der Waals surface area contributed by atoms with Crippen LogP contribution in [0.3, 0.4) is 0 Å². The van der Waals surface area contributed by atoms with E-state index in [0.29, 0.717) is 0 Å².